The molecule has 1 fully saturated rings. The summed E-state index contributed by atoms with van der Waals surface area (Å²) in [6.45, 7) is 0. The number of hydrogen-bond acceptors (Lipinski definition) is 8. The standard InChI is InChI=1S/C27H28N6O4/c1-32(2)25-19-7-3-5-9-21(19)30-27(31-25)29-18-13-11-17(12-14-18)28-26(34)24-16-15-23(37-24)20-8-4-6-10-22(20)33(35)36/h3-10,15-18H,11-14H2,1-2H3,(H,28,34)(H,29,30,31)/t17-,18+. The van der Waals surface area contributed by atoms with E-state index >= 15 is 0 Å². The Bertz CT molecular complexity index is 1440. The maximum Gasteiger partial charge on any atom is 0.287 e. The van der Waals surface area contributed by atoms with Crippen LogP contribution in [-0.2, 0) is 0 Å². The summed E-state index contributed by atoms with van der Waals surface area (Å²) in [5, 5.41) is 18.8. The number of fused-ring (bicyclic) bond motifs is 1. The van der Waals surface area contributed by atoms with Crippen molar-refractivity contribution in [3.63, 3.8) is 0 Å². The lowest BCUT2D eigenvalue weighted by Crippen LogP contribution is -2.40. The second-order valence-corrected chi connectivity index (χ2v) is 9.39. The van der Waals surface area contributed by atoms with Crippen molar-refractivity contribution in [1.29, 1.82) is 0 Å². The van der Waals surface area contributed by atoms with Gasteiger partial charge in [-0.1, -0.05) is 24.3 Å². The molecule has 37 heavy (non-hydrogen) atoms. The Morgan fingerprint density at radius 1 is 0.973 bits per heavy atom. The molecule has 0 bridgehead atoms. The van der Waals surface area contributed by atoms with E-state index < -0.39 is 4.92 Å². The minimum Gasteiger partial charge on any atom is -0.451 e. The van der Waals surface area contributed by atoms with Gasteiger partial charge in [0.15, 0.2) is 5.76 Å². The van der Waals surface area contributed by atoms with Gasteiger partial charge in [-0.3, -0.25) is 14.9 Å². The van der Waals surface area contributed by atoms with Gasteiger partial charge in [0.25, 0.3) is 11.6 Å². The first-order valence-electron chi connectivity index (χ1n) is 12.2. The summed E-state index contributed by atoms with van der Waals surface area (Å²) in [5.74, 6) is 1.57. The minimum absolute atomic E-state index is 0.0139. The van der Waals surface area contributed by atoms with E-state index in [4.69, 9.17) is 14.4 Å². The zero-order valence-electron chi connectivity index (χ0n) is 20.7. The quantitative estimate of drug-likeness (QED) is 0.268. The highest BCUT2D eigenvalue weighted by Crippen LogP contribution is 2.31. The first-order valence-corrected chi connectivity index (χ1v) is 12.2. The highest BCUT2D eigenvalue weighted by Gasteiger charge is 2.25. The van der Waals surface area contributed by atoms with E-state index in [1.807, 2.05) is 43.3 Å². The van der Waals surface area contributed by atoms with Gasteiger partial charge in [0, 0.05) is 37.6 Å². The molecular formula is C27H28N6O4. The molecule has 10 nitrogen and oxygen atoms in total. The fourth-order valence-electron chi connectivity index (χ4n) is 4.73. The zero-order chi connectivity index (χ0) is 25.9. The molecule has 1 aliphatic carbocycles. The maximum atomic E-state index is 12.8. The second kappa shape index (κ2) is 10.3. The lowest BCUT2D eigenvalue weighted by molar-refractivity contribution is -0.384. The molecule has 4 aromatic rings. The highest BCUT2D eigenvalue weighted by atomic mass is 16.6. The predicted octanol–water partition coefficient (Wildman–Crippen LogP) is 5.02. The molecule has 1 aliphatic rings. The van der Waals surface area contributed by atoms with Gasteiger partial charge in [0.05, 0.1) is 16.0 Å². The number of rotatable bonds is 7. The lowest BCUT2D eigenvalue weighted by atomic mass is 9.91. The van der Waals surface area contributed by atoms with Gasteiger partial charge in [0.1, 0.15) is 11.6 Å². The van der Waals surface area contributed by atoms with Crippen LogP contribution < -0.4 is 15.5 Å². The molecule has 0 atom stereocenters. The summed E-state index contributed by atoms with van der Waals surface area (Å²) in [7, 11) is 3.94. The number of carbonyl (C=O) groups excluding carboxylic acids is 1. The van der Waals surface area contributed by atoms with Gasteiger partial charge in [-0.25, -0.2) is 4.98 Å². The number of nitro benzene ring substituents is 1. The molecule has 2 heterocycles. The molecule has 2 N–H and O–H groups in total. The Morgan fingerprint density at radius 2 is 1.68 bits per heavy atom. The SMILES string of the molecule is CN(C)c1nc(N[C@H]2CC[C@@H](NC(=O)c3ccc(-c4ccccc4[N+](=O)[O-])o3)CC2)nc2ccccc12. The summed E-state index contributed by atoms with van der Waals surface area (Å²) in [4.78, 5) is 35.0. The Labute approximate surface area is 213 Å². The van der Waals surface area contributed by atoms with Crippen LogP contribution in [0.5, 0.6) is 0 Å². The maximum absolute atomic E-state index is 12.8. The van der Waals surface area contributed by atoms with Crippen LogP contribution in [0.25, 0.3) is 22.2 Å². The Morgan fingerprint density at radius 3 is 2.43 bits per heavy atom. The second-order valence-electron chi connectivity index (χ2n) is 9.39. The molecule has 10 heteroatoms. The van der Waals surface area contributed by atoms with Crippen LogP contribution in [0.15, 0.2) is 65.1 Å². The minimum atomic E-state index is -0.464. The zero-order valence-corrected chi connectivity index (χ0v) is 20.7. The third kappa shape index (κ3) is 5.23. The number of nitrogens with one attached hydrogen (secondary N) is 2. The predicted molar refractivity (Wildman–Crippen MR) is 142 cm³/mol. The fraction of sp³-hybridized carbons (Fsp3) is 0.296. The molecule has 0 unspecified atom stereocenters. The van der Waals surface area contributed by atoms with E-state index in [0.717, 1.165) is 42.4 Å². The molecule has 0 saturated heterocycles. The monoisotopic (exact) mass is 500 g/mol. The molecule has 1 amide bonds. The molecule has 2 aromatic heterocycles. The van der Waals surface area contributed by atoms with E-state index in [9.17, 15) is 14.9 Å². The Hall–Kier alpha value is -4.47. The number of aromatic nitrogens is 2. The van der Waals surface area contributed by atoms with Gasteiger partial charge in [-0.15, -0.1) is 0 Å². The summed E-state index contributed by atoms with van der Waals surface area (Å²) in [6, 6.07) is 17.6. The Kier molecular flexibility index (Phi) is 6.72. The average molecular weight is 501 g/mol. The van der Waals surface area contributed by atoms with E-state index in [-0.39, 0.29) is 35.2 Å². The number of furan rings is 1. The van der Waals surface area contributed by atoms with E-state index in [0.29, 0.717) is 11.5 Å². The third-order valence-corrected chi connectivity index (χ3v) is 6.60. The van der Waals surface area contributed by atoms with Crippen molar-refractivity contribution in [2.45, 2.75) is 37.8 Å². The van der Waals surface area contributed by atoms with Gasteiger partial charge < -0.3 is 20.0 Å². The van der Waals surface area contributed by atoms with Gasteiger partial charge in [0.2, 0.25) is 5.95 Å². The van der Waals surface area contributed by atoms with Crippen LogP contribution in [0.4, 0.5) is 17.5 Å². The molecule has 0 aliphatic heterocycles. The number of nitro groups is 1. The van der Waals surface area contributed by atoms with Crippen LogP contribution in [0.1, 0.15) is 36.2 Å². The fourth-order valence-corrected chi connectivity index (χ4v) is 4.73. The van der Waals surface area contributed by atoms with Crippen molar-refractivity contribution in [2.24, 2.45) is 0 Å². The number of hydrogen-bond donors (Lipinski definition) is 2. The molecule has 0 spiro atoms. The molecule has 2 aromatic carbocycles. The van der Waals surface area contributed by atoms with Crippen LogP contribution in [0.2, 0.25) is 0 Å². The van der Waals surface area contributed by atoms with Crippen molar-refractivity contribution in [1.82, 2.24) is 15.3 Å². The van der Waals surface area contributed by atoms with Crippen molar-refractivity contribution in [3.05, 3.63) is 76.5 Å². The number of carbonyl (C=O) groups is 1. The molecular weight excluding hydrogens is 472 g/mol. The number of anilines is 2. The normalized spacial score (nSPS) is 17.4. The molecule has 190 valence electrons. The number of benzene rings is 2. The Balaban J connectivity index is 1.19. The topological polar surface area (TPSA) is 126 Å². The first-order chi connectivity index (χ1) is 17.9. The van der Waals surface area contributed by atoms with Crippen LogP contribution in [0.3, 0.4) is 0 Å². The third-order valence-electron chi connectivity index (χ3n) is 6.60. The summed E-state index contributed by atoms with van der Waals surface area (Å²) in [6.07, 6.45) is 3.32. The van der Waals surface area contributed by atoms with Gasteiger partial charge >= 0.3 is 0 Å². The summed E-state index contributed by atoms with van der Waals surface area (Å²) >= 11 is 0. The smallest absolute Gasteiger partial charge is 0.287 e. The van der Waals surface area contributed by atoms with Crippen LogP contribution >= 0.6 is 0 Å². The molecule has 5 rings (SSSR count). The van der Waals surface area contributed by atoms with Crippen molar-refractivity contribution >= 4 is 34.3 Å². The van der Waals surface area contributed by atoms with E-state index in [1.54, 1.807) is 30.3 Å². The van der Waals surface area contributed by atoms with E-state index in [2.05, 4.69) is 10.6 Å². The molecule has 1 saturated carbocycles. The lowest BCUT2D eigenvalue weighted by Gasteiger charge is -2.29. The number of para-hydroxylation sites is 2. The van der Waals surface area contributed by atoms with Crippen molar-refractivity contribution < 1.29 is 14.1 Å². The van der Waals surface area contributed by atoms with Gasteiger partial charge in [-0.05, 0) is 56.0 Å². The van der Waals surface area contributed by atoms with Crippen molar-refractivity contribution in [3.8, 4) is 11.3 Å². The van der Waals surface area contributed by atoms with Crippen LogP contribution in [-0.4, -0.2) is 47.0 Å². The number of amides is 1. The summed E-state index contributed by atoms with van der Waals surface area (Å²) < 4.78 is 5.68. The van der Waals surface area contributed by atoms with E-state index in [1.165, 1.54) is 6.07 Å². The average Bonchev–Trinajstić information content (AvgIpc) is 3.40. The largest absolute Gasteiger partial charge is 0.451 e. The molecule has 0 radical (unpaired) electrons. The van der Waals surface area contributed by atoms with Crippen molar-refractivity contribution in [2.75, 3.05) is 24.3 Å². The number of nitrogens with zero attached hydrogens (tertiary/aromatic N) is 4. The van der Waals surface area contributed by atoms with Gasteiger partial charge in [-0.2, -0.15) is 4.98 Å². The first kappa shape index (κ1) is 24.2. The summed E-state index contributed by atoms with van der Waals surface area (Å²) in [5.41, 5.74) is 1.16. The highest BCUT2D eigenvalue weighted by molar-refractivity contribution is 5.92. The van der Waals surface area contributed by atoms with Crippen LogP contribution in [0, 0.1) is 10.1 Å².